The molecule has 4 aromatic heterocycles. The largest absolute Gasteiger partial charge is 0.481 e. The Morgan fingerprint density at radius 3 is 2.85 bits per heavy atom. The van der Waals surface area contributed by atoms with Crippen molar-refractivity contribution < 1.29 is 9.26 Å². The zero-order valence-electron chi connectivity index (χ0n) is 22.0. The van der Waals surface area contributed by atoms with Crippen molar-refractivity contribution in [3.63, 3.8) is 0 Å². The van der Waals surface area contributed by atoms with Gasteiger partial charge in [0.25, 0.3) is 5.56 Å². The van der Waals surface area contributed by atoms with Crippen LogP contribution in [0.1, 0.15) is 66.3 Å². The van der Waals surface area contributed by atoms with Gasteiger partial charge in [-0.3, -0.25) is 13.9 Å². The maximum absolute atomic E-state index is 13.0. The normalized spacial score (nSPS) is 16.4. The predicted molar refractivity (Wildman–Crippen MR) is 153 cm³/mol. The molecule has 11 heteroatoms. The van der Waals surface area contributed by atoms with E-state index in [1.54, 1.807) is 10.8 Å². The van der Waals surface area contributed by atoms with Crippen molar-refractivity contribution in [3.05, 3.63) is 90.1 Å². The summed E-state index contributed by atoms with van der Waals surface area (Å²) in [6.07, 6.45) is 7.56. The molecule has 1 atom stereocenters. The summed E-state index contributed by atoms with van der Waals surface area (Å²) in [5, 5.41) is 4.91. The first kappa shape index (κ1) is 25.2. The van der Waals surface area contributed by atoms with Crippen LogP contribution in [-0.4, -0.2) is 24.3 Å². The standard InChI is InChI=1S/C29H26ClN5O4S/c1-15(2)34-8-7-24(36)35(29(34)37)13-18-12-22-28(40-18)25(32-14-31-22)20-11-17(30)9-16-10-23(38-26(16)20)27-19-5-3-4-6-21(19)33-39-27/h7-9,11-12,14-15,23H,3-6,10,13H2,1-2H3/t23-/m0/s1. The maximum atomic E-state index is 13.0. The van der Waals surface area contributed by atoms with E-state index in [2.05, 4.69) is 15.1 Å². The number of aryl methyl sites for hydroxylation is 1. The molecule has 204 valence electrons. The van der Waals surface area contributed by atoms with Crippen molar-refractivity contribution in [3.8, 4) is 17.0 Å². The van der Waals surface area contributed by atoms with Gasteiger partial charge in [-0.15, -0.1) is 11.3 Å². The van der Waals surface area contributed by atoms with Crippen LogP contribution in [0.3, 0.4) is 0 Å². The Kier molecular flexibility index (Phi) is 6.12. The van der Waals surface area contributed by atoms with E-state index in [4.69, 9.17) is 20.9 Å². The second-order valence-corrected chi connectivity index (χ2v) is 12.2. The average Bonchev–Trinajstić information content (AvgIpc) is 3.66. The molecule has 2 aliphatic rings. The van der Waals surface area contributed by atoms with E-state index in [1.807, 2.05) is 32.0 Å². The lowest BCUT2D eigenvalue weighted by molar-refractivity contribution is 0.189. The quantitative estimate of drug-likeness (QED) is 0.272. The van der Waals surface area contributed by atoms with E-state index >= 15 is 0 Å². The number of aromatic nitrogens is 5. The minimum Gasteiger partial charge on any atom is -0.481 e. The second kappa shape index (κ2) is 9.71. The van der Waals surface area contributed by atoms with Gasteiger partial charge in [0.2, 0.25) is 0 Å². The average molecular weight is 576 g/mol. The van der Waals surface area contributed by atoms with Gasteiger partial charge in [-0.2, -0.15) is 0 Å². The van der Waals surface area contributed by atoms with Gasteiger partial charge in [0.1, 0.15) is 12.1 Å². The fraction of sp³-hybridized carbons (Fsp3) is 0.345. The summed E-state index contributed by atoms with van der Waals surface area (Å²) in [6, 6.07) is 7.06. The van der Waals surface area contributed by atoms with Crippen molar-refractivity contribution in [2.75, 3.05) is 0 Å². The Bertz CT molecular complexity index is 1900. The van der Waals surface area contributed by atoms with Crippen LogP contribution in [0.25, 0.3) is 21.5 Å². The number of thiophene rings is 1. The van der Waals surface area contributed by atoms with Crippen molar-refractivity contribution in [2.45, 2.75) is 64.6 Å². The van der Waals surface area contributed by atoms with Gasteiger partial charge < -0.3 is 9.26 Å². The Labute approximate surface area is 238 Å². The molecule has 0 spiro atoms. The summed E-state index contributed by atoms with van der Waals surface area (Å²) in [5.74, 6) is 1.53. The summed E-state index contributed by atoms with van der Waals surface area (Å²) in [7, 11) is 0. The molecule has 5 aromatic rings. The molecule has 40 heavy (non-hydrogen) atoms. The number of rotatable bonds is 5. The first-order valence-electron chi connectivity index (χ1n) is 13.4. The number of nitrogens with zero attached hydrogens (tertiary/aromatic N) is 5. The molecule has 0 radical (unpaired) electrons. The molecular weight excluding hydrogens is 550 g/mol. The SMILES string of the molecule is CC(C)n1ccc(=O)n(Cc2cc3ncnc(-c4cc(Cl)cc5c4O[C@H](c4onc6c4CCCC6)C5)c3s2)c1=O. The molecule has 0 bridgehead atoms. The Balaban J connectivity index is 1.28. The molecule has 7 rings (SSSR count). The smallest absolute Gasteiger partial charge is 0.331 e. The van der Waals surface area contributed by atoms with Gasteiger partial charge in [0.15, 0.2) is 11.9 Å². The summed E-state index contributed by atoms with van der Waals surface area (Å²) in [4.78, 5) is 35.5. The summed E-state index contributed by atoms with van der Waals surface area (Å²) in [6.45, 7) is 3.96. The van der Waals surface area contributed by atoms with Crippen LogP contribution in [0.4, 0.5) is 0 Å². The molecule has 0 saturated carbocycles. The van der Waals surface area contributed by atoms with E-state index < -0.39 is 0 Å². The zero-order chi connectivity index (χ0) is 27.5. The molecule has 0 unspecified atom stereocenters. The van der Waals surface area contributed by atoms with Gasteiger partial charge in [0.05, 0.1) is 28.1 Å². The molecule has 0 amide bonds. The zero-order valence-corrected chi connectivity index (χ0v) is 23.6. The minimum absolute atomic E-state index is 0.0598. The van der Waals surface area contributed by atoms with Gasteiger partial charge >= 0.3 is 5.69 Å². The molecule has 5 heterocycles. The van der Waals surface area contributed by atoms with Gasteiger partial charge in [0, 0.05) is 51.3 Å². The fourth-order valence-electron chi connectivity index (χ4n) is 5.71. The first-order valence-corrected chi connectivity index (χ1v) is 14.6. The topological polar surface area (TPSA) is 105 Å². The molecule has 9 nitrogen and oxygen atoms in total. The first-order chi connectivity index (χ1) is 19.4. The number of halogens is 1. The number of ether oxygens (including phenoxy) is 1. The molecule has 1 aliphatic carbocycles. The van der Waals surface area contributed by atoms with Crippen molar-refractivity contribution in [1.82, 2.24) is 24.3 Å². The number of hydrogen-bond donors (Lipinski definition) is 0. The van der Waals surface area contributed by atoms with E-state index in [9.17, 15) is 9.59 Å². The van der Waals surface area contributed by atoms with E-state index in [-0.39, 0.29) is 29.9 Å². The Morgan fingerprint density at radius 1 is 1.15 bits per heavy atom. The van der Waals surface area contributed by atoms with Crippen molar-refractivity contribution in [2.24, 2.45) is 0 Å². The van der Waals surface area contributed by atoms with Gasteiger partial charge in [-0.25, -0.2) is 14.8 Å². The monoisotopic (exact) mass is 575 g/mol. The number of benzene rings is 1. The fourth-order valence-corrected chi connectivity index (χ4v) is 7.06. The second-order valence-electron chi connectivity index (χ2n) is 10.6. The third-order valence-corrected chi connectivity index (χ3v) is 9.00. The number of fused-ring (bicyclic) bond motifs is 3. The number of hydrogen-bond acceptors (Lipinski definition) is 8. The lowest BCUT2D eigenvalue weighted by Gasteiger charge is -2.14. The summed E-state index contributed by atoms with van der Waals surface area (Å²) >= 11 is 8.05. The van der Waals surface area contributed by atoms with E-state index in [1.165, 1.54) is 33.9 Å². The van der Waals surface area contributed by atoms with Crippen LogP contribution in [0.5, 0.6) is 5.75 Å². The molecule has 0 fully saturated rings. The lowest BCUT2D eigenvalue weighted by atomic mass is 9.94. The molecule has 1 aliphatic heterocycles. The minimum atomic E-state index is -0.340. The Hall–Kier alpha value is -3.76. The molecule has 0 N–H and O–H groups in total. The van der Waals surface area contributed by atoms with E-state index in [0.29, 0.717) is 17.1 Å². The van der Waals surface area contributed by atoms with Gasteiger partial charge in [-0.1, -0.05) is 16.8 Å². The summed E-state index contributed by atoms with van der Waals surface area (Å²) in [5.41, 5.74) is 4.73. The lowest BCUT2D eigenvalue weighted by Crippen LogP contribution is -2.39. The predicted octanol–water partition coefficient (Wildman–Crippen LogP) is 5.51. The van der Waals surface area contributed by atoms with Crippen LogP contribution < -0.4 is 16.0 Å². The molecule has 0 saturated heterocycles. The molecular formula is C29H26ClN5O4S. The maximum Gasteiger partial charge on any atom is 0.331 e. The van der Waals surface area contributed by atoms with Crippen LogP contribution in [-0.2, 0) is 25.8 Å². The molecule has 1 aromatic carbocycles. The van der Waals surface area contributed by atoms with Crippen molar-refractivity contribution >= 4 is 33.2 Å². The van der Waals surface area contributed by atoms with Crippen LogP contribution in [0.2, 0.25) is 5.02 Å². The van der Waals surface area contributed by atoms with E-state index in [0.717, 1.165) is 69.1 Å². The highest BCUT2D eigenvalue weighted by atomic mass is 35.5. The third kappa shape index (κ3) is 4.17. The third-order valence-electron chi connectivity index (χ3n) is 7.66. The van der Waals surface area contributed by atoms with Crippen LogP contribution in [0, 0.1) is 0 Å². The highest BCUT2D eigenvalue weighted by molar-refractivity contribution is 7.19. The summed E-state index contributed by atoms with van der Waals surface area (Å²) < 4.78 is 16.0. The van der Waals surface area contributed by atoms with Crippen molar-refractivity contribution in [1.29, 1.82) is 0 Å². The van der Waals surface area contributed by atoms with Gasteiger partial charge in [-0.05, 0) is 57.7 Å². The highest BCUT2D eigenvalue weighted by Crippen LogP contribution is 2.47. The van der Waals surface area contributed by atoms with Crippen LogP contribution in [0.15, 0.2) is 50.9 Å². The van der Waals surface area contributed by atoms with Crippen LogP contribution >= 0.6 is 22.9 Å². The highest BCUT2D eigenvalue weighted by Gasteiger charge is 2.34. The Morgan fingerprint density at radius 2 is 2.00 bits per heavy atom.